The van der Waals surface area contributed by atoms with Crippen LogP contribution in [-0.4, -0.2) is 28.1 Å². The minimum atomic E-state index is 0.206. The summed E-state index contributed by atoms with van der Waals surface area (Å²) in [5.74, 6) is 0. The van der Waals surface area contributed by atoms with Crippen LogP contribution in [0.25, 0.3) is 10.2 Å². The van der Waals surface area contributed by atoms with Gasteiger partial charge in [0.15, 0.2) is 0 Å². The van der Waals surface area contributed by atoms with Crippen molar-refractivity contribution in [3.63, 3.8) is 0 Å². The lowest BCUT2D eigenvalue weighted by Crippen LogP contribution is -2.42. The van der Waals surface area contributed by atoms with E-state index in [1.54, 1.807) is 0 Å². The normalized spacial score (nSPS) is 24.6. The van der Waals surface area contributed by atoms with Gasteiger partial charge < -0.3 is 0 Å². The number of benzene rings is 1. The maximum atomic E-state index is 12.4. The second-order valence-corrected chi connectivity index (χ2v) is 8.12. The van der Waals surface area contributed by atoms with E-state index < -0.39 is 0 Å². The molecule has 1 aromatic carbocycles. The summed E-state index contributed by atoms with van der Waals surface area (Å²) < 4.78 is 3.16. The second-order valence-electron chi connectivity index (χ2n) is 7.13. The van der Waals surface area contributed by atoms with Gasteiger partial charge in [-0.15, -0.1) is 0 Å². The minimum absolute atomic E-state index is 0.206. The number of aryl methyl sites for hydroxylation is 1. The third-order valence-corrected chi connectivity index (χ3v) is 6.64. The highest BCUT2D eigenvalue weighted by Crippen LogP contribution is 2.35. The molecule has 2 fully saturated rings. The van der Waals surface area contributed by atoms with Crippen LogP contribution in [0.3, 0.4) is 0 Å². The summed E-state index contributed by atoms with van der Waals surface area (Å²) in [5.41, 5.74) is 2.48. The first kappa shape index (κ1) is 15.4. The quantitative estimate of drug-likeness (QED) is 0.827. The molecule has 3 nitrogen and oxygen atoms in total. The van der Waals surface area contributed by atoms with E-state index in [1.165, 1.54) is 49.0 Å². The maximum absolute atomic E-state index is 12.4. The summed E-state index contributed by atoms with van der Waals surface area (Å²) in [6.45, 7) is 4.08. The van der Waals surface area contributed by atoms with Gasteiger partial charge in [-0.2, -0.15) is 0 Å². The smallest absolute Gasteiger partial charge is 0.297 e. The van der Waals surface area contributed by atoms with Crippen molar-refractivity contribution in [2.45, 2.75) is 70.5 Å². The summed E-state index contributed by atoms with van der Waals surface area (Å²) >= 11 is 1.41. The molecule has 2 bridgehead atoms. The Morgan fingerprint density at radius 1 is 1.13 bits per heavy atom. The Kier molecular flexibility index (Phi) is 4.29. The van der Waals surface area contributed by atoms with E-state index in [0.29, 0.717) is 0 Å². The zero-order valence-corrected chi connectivity index (χ0v) is 14.8. The lowest BCUT2D eigenvalue weighted by molar-refractivity contribution is 0.135. The van der Waals surface area contributed by atoms with Crippen LogP contribution in [-0.2, 0) is 13.0 Å². The van der Waals surface area contributed by atoms with E-state index in [9.17, 15) is 4.79 Å². The van der Waals surface area contributed by atoms with Gasteiger partial charge in [-0.3, -0.25) is 14.3 Å². The number of aromatic nitrogens is 1. The molecule has 23 heavy (non-hydrogen) atoms. The van der Waals surface area contributed by atoms with E-state index >= 15 is 0 Å². The van der Waals surface area contributed by atoms with Crippen molar-refractivity contribution in [2.24, 2.45) is 0 Å². The molecule has 0 radical (unpaired) electrons. The molecule has 4 heteroatoms. The van der Waals surface area contributed by atoms with E-state index in [-0.39, 0.29) is 4.87 Å². The van der Waals surface area contributed by atoms with Gasteiger partial charge in [-0.05, 0) is 49.8 Å². The van der Waals surface area contributed by atoms with Crippen LogP contribution in [0.1, 0.15) is 51.0 Å². The molecule has 1 aromatic heterocycles. The lowest BCUT2D eigenvalue weighted by Gasteiger charge is -2.34. The van der Waals surface area contributed by atoms with Crippen LogP contribution < -0.4 is 4.87 Å². The molecule has 2 aromatic rings. The van der Waals surface area contributed by atoms with Crippen LogP contribution in [0.2, 0.25) is 0 Å². The molecule has 2 atom stereocenters. The molecule has 0 aliphatic carbocycles. The molecular weight excluding hydrogens is 304 g/mol. The second kappa shape index (κ2) is 6.40. The molecule has 2 unspecified atom stereocenters. The largest absolute Gasteiger partial charge is 0.308 e. The van der Waals surface area contributed by atoms with Gasteiger partial charge in [0, 0.05) is 25.2 Å². The SMILES string of the molecule is CCCc1ccc2c(c1)sc(=O)n2CCN1C2CCCC1CC2. The summed E-state index contributed by atoms with van der Waals surface area (Å²) in [7, 11) is 0. The Hall–Kier alpha value is -1.13. The zero-order valence-electron chi connectivity index (χ0n) is 14.0. The van der Waals surface area contributed by atoms with Crippen LogP contribution in [0.15, 0.2) is 23.0 Å². The van der Waals surface area contributed by atoms with Gasteiger partial charge in [-0.1, -0.05) is 37.2 Å². The Labute approximate surface area is 141 Å². The molecule has 0 saturated carbocycles. The molecule has 2 aliphatic rings. The van der Waals surface area contributed by atoms with Gasteiger partial charge in [0.2, 0.25) is 0 Å². The molecule has 2 aliphatic heterocycles. The standard InChI is InChI=1S/C19H26N2OS/c1-2-4-14-7-10-17-18(13-14)23-19(22)21(17)12-11-20-15-5-3-6-16(20)9-8-15/h7,10,13,15-16H,2-6,8-9,11-12H2,1H3. The predicted molar refractivity (Wildman–Crippen MR) is 97.4 cm³/mol. The first-order chi connectivity index (χ1) is 11.3. The Bertz CT molecular complexity index is 731. The summed E-state index contributed by atoms with van der Waals surface area (Å²) in [5, 5.41) is 0. The van der Waals surface area contributed by atoms with Crippen molar-refractivity contribution in [1.29, 1.82) is 0 Å². The van der Waals surface area contributed by atoms with E-state index in [2.05, 4.69) is 30.0 Å². The van der Waals surface area contributed by atoms with Gasteiger partial charge in [-0.25, -0.2) is 0 Å². The summed E-state index contributed by atoms with van der Waals surface area (Å²) in [4.78, 5) is 15.3. The summed E-state index contributed by atoms with van der Waals surface area (Å²) in [6, 6.07) is 8.13. The van der Waals surface area contributed by atoms with Crippen molar-refractivity contribution < 1.29 is 0 Å². The van der Waals surface area contributed by atoms with E-state index in [0.717, 1.165) is 48.2 Å². The molecule has 3 heterocycles. The Morgan fingerprint density at radius 3 is 2.65 bits per heavy atom. The molecule has 124 valence electrons. The maximum Gasteiger partial charge on any atom is 0.308 e. The highest BCUT2D eigenvalue weighted by Gasteiger charge is 2.35. The van der Waals surface area contributed by atoms with Crippen LogP contribution in [0.4, 0.5) is 0 Å². The van der Waals surface area contributed by atoms with Crippen LogP contribution >= 0.6 is 11.3 Å². The fourth-order valence-electron chi connectivity index (χ4n) is 4.57. The van der Waals surface area contributed by atoms with Crippen LogP contribution in [0, 0.1) is 0 Å². The fourth-order valence-corrected chi connectivity index (χ4v) is 5.55. The number of hydrogen-bond donors (Lipinski definition) is 0. The van der Waals surface area contributed by atoms with E-state index in [1.807, 2.05) is 4.57 Å². The van der Waals surface area contributed by atoms with Gasteiger partial charge in [0.25, 0.3) is 0 Å². The van der Waals surface area contributed by atoms with Gasteiger partial charge in [0.05, 0.1) is 10.2 Å². The highest BCUT2D eigenvalue weighted by molar-refractivity contribution is 7.16. The van der Waals surface area contributed by atoms with Gasteiger partial charge in [0.1, 0.15) is 0 Å². The monoisotopic (exact) mass is 330 g/mol. The molecule has 2 saturated heterocycles. The van der Waals surface area contributed by atoms with Crippen molar-refractivity contribution in [2.75, 3.05) is 6.54 Å². The fraction of sp³-hybridized carbons (Fsp3) is 0.632. The third-order valence-electron chi connectivity index (χ3n) is 5.70. The first-order valence-electron chi connectivity index (χ1n) is 9.14. The number of nitrogens with zero attached hydrogens (tertiary/aromatic N) is 2. The summed E-state index contributed by atoms with van der Waals surface area (Å²) in [6.07, 6.45) is 9.09. The molecule has 0 spiro atoms. The zero-order chi connectivity index (χ0) is 15.8. The van der Waals surface area contributed by atoms with Gasteiger partial charge >= 0.3 is 4.87 Å². The minimum Gasteiger partial charge on any atom is -0.297 e. The Morgan fingerprint density at radius 2 is 1.91 bits per heavy atom. The number of rotatable bonds is 5. The highest BCUT2D eigenvalue weighted by atomic mass is 32.1. The molecule has 0 amide bonds. The van der Waals surface area contributed by atoms with Crippen molar-refractivity contribution in [3.8, 4) is 0 Å². The average Bonchev–Trinajstić information content (AvgIpc) is 2.96. The molecule has 4 rings (SSSR count). The third kappa shape index (κ3) is 2.87. The van der Waals surface area contributed by atoms with E-state index in [4.69, 9.17) is 0 Å². The Balaban J connectivity index is 1.54. The average molecular weight is 330 g/mol. The van der Waals surface area contributed by atoms with Crippen molar-refractivity contribution in [3.05, 3.63) is 33.4 Å². The number of fused-ring (bicyclic) bond motifs is 3. The molecule has 0 N–H and O–H groups in total. The number of thiazole rings is 1. The topological polar surface area (TPSA) is 25.2 Å². The number of piperidine rings is 1. The number of hydrogen-bond acceptors (Lipinski definition) is 3. The molecular formula is C19H26N2OS. The first-order valence-corrected chi connectivity index (χ1v) is 9.96. The lowest BCUT2D eigenvalue weighted by atomic mass is 10.0. The van der Waals surface area contributed by atoms with Crippen LogP contribution in [0.5, 0.6) is 0 Å². The van der Waals surface area contributed by atoms with Crippen molar-refractivity contribution >= 4 is 21.6 Å². The predicted octanol–water partition coefficient (Wildman–Crippen LogP) is 4.03. The van der Waals surface area contributed by atoms with Crippen molar-refractivity contribution in [1.82, 2.24) is 9.47 Å².